The Hall–Kier alpha value is -0.480. The van der Waals surface area contributed by atoms with E-state index in [0.717, 1.165) is 11.6 Å². The van der Waals surface area contributed by atoms with E-state index in [1.165, 1.54) is 29.3 Å². The number of hydrogen-bond donors (Lipinski definition) is 1. The zero-order valence-electron chi connectivity index (χ0n) is 7.37. The van der Waals surface area contributed by atoms with Crippen LogP contribution in [0.4, 0.5) is 0 Å². The lowest BCUT2D eigenvalue weighted by Crippen LogP contribution is -2.17. The maximum absolute atomic E-state index is 4.02. The summed E-state index contributed by atoms with van der Waals surface area (Å²) < 4.78 is 3.95. The van der Waals surface area contributed by atoms with Crippen LogP contribution in [0.15, 0.2) is 0 Å². The first-order chi connectivity index (χ1) is 5.83. The van der Waals surface area contributed by atoms with Crippen molar-refractivity contribution in [2.24, 2.45) is 5.92 Å². The molecule has 66 valence electrons. The van der Waals surface area contributed by atoms with E-state index in [1.54, 1.807) is 0 Å². The summed E-state index contributed by atoms with van der Waals surface area (Å²) in [6.45, 7) is 2.03. The van der Waals surface area contributed by atoms with Gasteiger partial charge in [0.05, 0.1) is 10.6 Å². The molecule has 1 unspecified atom stereocenters. The van der Waals surface area contributed by atoms with Crippen molar-refractivity contribution in [2.75, 3.05) is 7.05 Å². The maximum atomic E-state index is 4.02. The SMILES string of the molecule is CNC(c1snnc1C)C1CC1. The van der Waals surface area contributed by atoms with Gasteiger partial charge in [-0.15, -0.1) is 5.10 Å². The minimum atomic E-state index is 0.505. The van der Waals surface area contributed by atoms with Crippen molar-refractivity contribution in [3.05, 3.63) is 10.6 Å². The summed E-state index contributed by atoms with van der Waals surface area (Å²) in [5.41, 5.74) is 1.09. The summed E-state index contributed by atoms with van der Waals surface area (Å²) in [6.07, 6.45) is 2.70. The van der Waals surface area contributed by atoms with Gasteiger partial charge in [-0.3, -0.25) is 0 Å². The fourth-order valence-electron chi connectivity index (χ4n) is 1.53. The molecule has 1 saturated carbocycles. The van der Waals surface area contributed by atoms with Crippen LogP contribution in [0.2, 0.25) is 0 Å². The quantitative estimate of drug-likeness (QED) is 0.772. The van der Waals surface area contributed by atoms with E-state index in [-0.39, 0.29) is 0 Å². The molecule has 3 nitrogen and oxygen atoms in total. The normalized spacial score (nSPS) is 19.5. The molecule has 1 N–H and O–H groups in total. The van der Waals surface area contributed by atoms with E-state index < -0.39 is 0 Å². The first-order valence-electron chi connectivity index (χ1n) is 4.29. The number of rotatable bonds is 3. The molecule has 0 saturated heterocycles. The zero-order chi connectivity index (χ0) is 8.55. The minimum Gasteiger partial charge on any atom is -0.312 e. The second-order valence-electron chi connectivity index (χ2n) is 3.33. The van der Waals surface area contributed by atoms with Gasteiger partial charge in [0.25, 0.3) is 0 Å². The number of aryl methyl sites for hydroxylation is 1. The molecular formula is C8H13N3S. The van der Waals surface area contributed by atoms with Crippen molar-refractivity contribution >= 4 is 11.5 Å². The number of hydrogen-bond acceptors (Lipinski definition) is 4. The van der Waals surface area contributed by atoms with Gasteiger partial charge in [0.1, 0.15) is 0 Å². The van der Waals surface area contributed by atoms with E-state index in [1.807, 2.05) is 14.0 Å². The zero-order valence-corrected chi connectivity index (χ0v) is 8.19. The van der Waals surface area contributed by atoms with Crippen LogP contribution in [-0.2, 0) is 0 Å². The lowest BCUT2D eigenvalue weighted by atomic mass is 10.1. The van der Waals surface area contributed by atoms with Crippen molar-refractivity contribution in [3.8, 4) is 0 Å². The lowest BCUT2D eigenvalue weighted by molar-refractivity contribution is 0.534. The van der Waals surface area contributed by atoms with Crippen LogP contribution in [0, 0.1) is 12.8 Å². The van der Waals surface area contributed by atoms with Gasteiger partial charge in [-0.05, 0) is 44.3 Å². The second-order valence-corrected chi connectivity index (χ2v) is 4.11. The molecule has 1 aliphatic carbocycles. The Bertz CT molecular complexity index is 267. The summed E-state index contributed by atoms with van der Waals surface area (Å²) >= 11 is 1.53. The molecule has 2 rings (SSSR count). The van der Waals surface area contributed by atoms with E-state index in [0.29, 0.717) is 6.04 Å². The standard InChI is InChI=1S/C8H13N3S/c1-5-8(12-11-10-5)7(9-2)6-3-4-6/h6-7,9H,3-4H2,1-2H3. The summed E-state index contributed by atoms with van der Waals surface area (Å²) in [6, 6.07) is 0.505. The van der Waals surface area contributed by atoms with Gasteiger partial charge >= 0.3 is 0 Å². The van der Waals surface area contributed by atoms with Gasteiger partial charge in [0.2, 0.25) is 0 Å². The van der Waals surface area contributed by atoms with Crippen molar-refractivity contribution in [2.45, 2.75) is 25.8 Å². The third-order valence-corrected chi connectivity index (χ3v) is 3.28. The Morgan fingerprint density at radius 3 is 2.75 bits per heavy atom. The Balaban J connectivity index is 2.20. The second kappa shape index (κ2) is 3.11. The number of aromatic nitrogens is 2. The molecule has 4 heteroatoms. The number of nitrogens with one attached hydrogen (secondary N) is 1. The molecule has 12 heavy (non-hydrogen) atoms. The highest BCUT2D eigenvalue weighted by Gasteiger charge is 2.33. The fraction of sp³-hybridized carbons (Fsp3) is 0.750. The molecule has 1 fully saturated rings. The van der Waals surface area contributed by atoms with Gasteiger partial charge in [0, 0.05) is 6.04 Å². The molecule has 1 atom stereocenters. The van der Waals surface area contributed by atoms with E-state index >= 15 is 0 Å². The van der Waals surface area contributed by atoms with Gasteiger partial charge in [-0.25, -0.2) is 0 Å². The summed E-state index contributed by atoms with van der Waals surface area (Å²) in [4.78, 5) is 1.32. The average molecular weight is 183 g/mol. The molecule has 0 spiro atoms. The number of nitrogens with zero attached hydrogens (tertiary/aromatic N) is 2. The molecule has 1 heterocycles. The van der Waals surface area contributed by atoms with Crippen LogP contribution in [0.5, 0.6) is 0 Å². The Kier molecular flexibility index (Phi) is 2.11. The molecule has 0 bridgehead atoms. The van der Waals surface area contributed by atoms with Gasteiger partial charge < -0.3 is 5.32 Å². The van der Waals surface area contributed by atoms with Crippen LogP contribution >= 0.6 is 11.5 Å². The average Bonchev–Trinajstić information content (AvgIpc) is 2.80. The van der Waals surface area contributed by atoms with Crippen molar-refractivity contribution < 1.29 is 0 Å². The Labute approximate surface area is 76.4 Å². The monoisotopic (exact) mass is 183 g/mol. The third-order valence-electron chi connectivity index (χ3n) is 2.37. The molecule has 1 aromatic rings. The molecule has 0 aromatic carbocycles. The first-order valence-corrected chi connectivity index (χ1v) is 5.06. The topological polar surface area (TPSA) is 37.8 Å². The first kappa shape index (κ1) is 8.13. The van der Waals surface area contributed by atoms with Crippen LogP contribution in [0.3, 0.4) is 0 Å². The summed E-state index contributed by atoms with van der Waals surface area (Å²) in [7, 11) is 2.02. The lowest BCUT2D eigenvalue weighted by Gasteiger charge is -2.12. The molecule has 1 aliphatic rings. The van der Waals surface area contributed by atoms with Gasteiger partial charge in [0.15, 0.2) is 0 Å². The van der Waals surface area contributed by atoms with Gasteiger partial charge in [-0.2, -0.15) is 0 Å². The highest BCUT2D eigenvalue weighted by Crippen LogP contribution is 2.42. The molecule has 0 aliphatic heterocycles. The minimum absolute atomic E-state index is 0.505. The Morgan fingerprint density at radius 1 is 1.58 bits per heavy atom. The maximum Gasteiger partial charge on any atom is 0.0772 e. The van der Waals surface area contributed by atoms with Crippen molar-refractivity contribution in [1.29, 1.82) is 0 Å². The predicted molar refractivity (Wildman–Crippen MR) is 49.2 cm³/mol. The van der Waals surface area contributed by atoms with E-state index in [9.17, 15) is 0 Å². The smallest absolute Gasteiger partial charge is 0.0772 e. The Morgan fingerprint density at radius 2 is 2.33 bits per heavy atom. The van der Waals surface area contributed by atoms with Crippen LogP contribution < -0.4 is 5.32 Å². The third kappa shape index (κ3) is 1.36. The molecular weight excluding hydrogens is 170 g/mol. The highest BCUT2D eigenvalue weighted by atomic mass is 32.1. The predicted octanol–water partition coefficient (Wildman–Crippen LogP) is 1.52. The van der Waals surface area contributed by atoms with Crippen molar-refractivity contribution in [3.63, 3.8) is 0 Å². The summed E-state index contributed by atoms with van der Waals surface area (Å²) in [5, 5.41) is 7.36. The molecule has 0 amide bonds. The van der Waals surface area contributed by atoms with Crippen LogP contribution in [0.25, 0.3) is 0 Å². The van der Waals surface area contributed by atoms with Crippen LogP contribution in [0.1, 0.15) is 29.5 Å². The van der Waals surface area contributed by atoms with E-state index in [4.69, 9.17) is 0 Å². The summed E-state index contributed by atoms with van der Waals surface area (Å²) in [5.74, 6) is 0.830. The van der Waals surface area contributed by atoms with E-state index in [2.05, 4.69) is 14.9 Å². The largest absolute Gasteiger partial charge is 0.312 e. The molecule has 1 aromatic heterocycles. The van der Waals surface area contributed by atoms with Crippen molar-refractivity contribution in [1.82, 2.24) is 14.9 Å². The fourth-order valence-corrected chi connectivity index (χ4v) is 2.38. The molecule has 0 radical (unpaired) electrons. The highest BCUT2D eigenvalue weighted by molar-refractivity contribution is 7.05. The van der Waals surface area contributed by atoms with Gasteiger partial charge in [-0.1, -0.05) is 4.49 Å². The van der Waals surface area contributed by atoms with Crippen LogP contribution in [-0.4, -0.2) is 16.6 Å².